The molecule has 0 aliphatic rings. The molecule has 0 unspecified atom stereocenters. The van der Waals surface area contributed by atoms with E-state index in [9.17, 15) is 4.79 Å². The summed E-state index contributed by atoms with van der Waals surface area (Å²) in [5.74, 6) is 0. The van der Waals surface area contributed by atoms with E-state index in [1.807, 2.05) is 31.2 Å². The second-order valence-corrected chi connectivity index (χ2v) is 3.81. The summed E-state index contributed by atoms with van der Waals surface area (Å²) in [6.07, 6.45) is 0.724. The molecule has 0 spiro atoms. The number of carbonyl (C=O) groups excluding carboxylic acids is 1. The second kappa shape index (κ2) is 5.50. The molecule has 0 fully saturated rings. The molecular weight excluding hydrogens is 258 g/mol. The third-order valence-electron chi connectivity index (χ3n) is 1.81. The van der Waals surface area contributed by atoms with Gasteiger partial charge in [0, 0.05) is 4.47 Å². The second-order valence-electron chi connectivity index (χ2n) is 2.89. The molecule has 80 valence electrons. The Hall–Kier alpha value is -1.36. The average molecular weight is 270 g/mol. The van der Waals surface area contributed by atoms with Crippen LogP contribution in [0.3, 0.4) is 0 Å². The van der Waals surface area contributed by atoms with Crippen LogP contribution in [-0.4, -0.2) is 11.7 Å². The molecule has 1 aromatic carbocycles. The van der Waals surface area contributed by atoms with E-state index in [1.54, 1.807) is 0 Å². The number of nitrogens with two attached hydrogens (primary N) is 1. The molecular formula is C10H12BrN3O. The lowest BCUT2D eigenvalue weighted by atomic mass is 10.1. The number of carbonyl (C=O) groups is 1. The maximum absolute atomic E-state index is 10.5. The van der Waals surface area contributed by atoms with Gasteiger partial charge in [-0.05, 0) is 24.1 Å². The number of rotatable bonds is 3. The topological polar surface area (TPSA) is 67.5 Å². The fraction of sp³-hybridized carbons (Fsp3) is 0.200. The summed E-state index contributed by atoms with van der Waals surface area (Å²) in [4.78, 5) is 10.5. The van der Waals surface area contributed by atoms with Crippen LogP contribution in [0.4, 0.5) is 4.79 Å². The first kappa shape index (κ1) is 11.7. The van der Waals surface area contributed by atoms with Crippen molar-refractivity contribution in [2.45, 2.75) is 13.3 Å². The number of urea groups is 1. The van der Waals surface area contributed by atoms with E-state index in [1.165, 1.54) is 0 Å². The van der Waals surface area contributed by atoms with Crippen molar-refractivity contribution in [2.75, 3.05) is 0 Å². The molecule has 15 heavy (non-hydrogen) atoms. The first-order chi connectivity index (χ1) is 7.13. The Morgan fingerprint density at radius 3 is 2.53 bits per heavy atom. The molecule has 0 bridgehead atoms. The average Bonchev–Trinajstić information content (AvgIpc) is 2.21. The Labute approximate surface area is 96.7 Å². The summed E-state index contributed by atoms with van der Waals surface area (Å²) in [5, 5.41) is 3.92. The van der Waals surface area contributed by atoms with E-state index < -0.39 is 6.03 Å². The van der Waals surface area contributed by atoms with E-state index in [4.69, 9.17) is 5.73 Å². The summed E-state index contributed by atoms with van der Waals surface area (Å²) in [7, 11) is 0. The molecule has 1 rings (SSSR count). The number of halogens is 1. The van der Waals surface area contributed by atoms with E-state index in [-0.39, 0.29) is 0 Å². The van der Waals surface area contributed by atoms with Gasteiger partial charge < -0.3 is 5.73 Å². The Bertz CT molecular complexity index is 373. The molecule has 0 saturated carbocycles. The third kappa shape index (κ3) is 3.71. The van der Waals surface area contributed by atoms with Crippen molar-refractivity contribution in [1.29, 1.82) is 0 Å². The molecule has 1 aromatic rings. The van der Waals surface area contributed by atoms with Crippen molar-refractivity contribution in [3.8, 4) is 0 Å². The zero-order chi connectivity index (χ0) is 11.3. The molecule has 0 aromatic heterocycles. The van der Waals surface area contributed by atoms with Crippen molar-refractivity contribution in [3.63, 3.8) is 0 Å². The Balaban J connectivity index is 2.87. The Kier molecular flexibility index (Phi) is 4.30. The van der Waals surface area contributed by atoms with Crippen LogP contribution in [0.1, 0.15) is 18.9 Å². The van der Waals surface area contributed by atoms with E-state index >= 15 is 0 Å². The van der Waals surface area contributed by atoms with Gasteiger partial charge >= 0.3 is 6.03 Å². The zero-order valence-corrected chi connectivity index (χ0v) is 9.91. The lowest BCUT2D eigenvalue weighted by molar-refractivity contribution is 0.249. The quantitative estimate of drug-likeness (QED) is 0.641. The zero-order valence-electron chi connectivity index (χ0n) is 8.33. The SMILES string of the molecule is CCC(=NNC(N)=O)c1ccc(Br)cc1. The number of hydrogen-bond acceptors (Lipinski definition) is 2. The van der Waals surface area contributed by atoms with Crippen LogP contribution in [0.2, 0.25) is 0 Å². The number of hydrazone groups is 1. The molecule has 2 amide bonds. The van der Waals surface area contributed by atoms with Crippen molar-refractivity contribution in [1.82, 2.24) is 5.43 Å². The lowest BCUT2D eigenvalue weighted by Gasteiger charge is -2.03. The van der Waals surface area contributed by atoms with Crippen LogP contribution in [0.25, 0.3) is 0 Å². The van der Waals surface area contributed by atoms with E-state index in [0.717, 1.165) is 22.2 Å². The number of amides is 2. The molecule has 4 nitrogen and oxygen atoms in total. The predicted molar refractivity (Wildman–Crippen MR) is 63.7 cm³/mol. The standard InChI is InChI=1S/C10H12BrN3O/c1-2-9(13-14-10(12)15)7-3-5-8(11)6-4-7/h3-6H,2H2,1H3,(H3,12,14,15). The van der Waals surface area contributed by atoms with Crippen LogP contribution in [0.5, 0.6) is 0 Å². The van der Waals surface area contributed by atoms with Gasteiger partial charge in [-0.2, -0.15) is 5.10 Å². The number of nitrogens with zero attached hydrogens (tertiary/aromatic N) is 1. The maximum atomic E-state index is 10.5. The number of primary amides is 1. The Morgan fingerprint density at radius 2 is 2.07 bits per heavy atom. The van der Waals surface area contributed by atoms with E-state index in [0.29, 0.717) is 0 Å². The molecule has 5 heteroatoms. The summed E-state index contributed by atoms with van der Waals surface area (Å²) in [6.45, 7) is 1.96. The molecule has 3 N–H and O–H groups in total. The molecule has 0 aliphatic heterocycles. The van der Waals surface area contributed by atoms with Gasteiger partial charge in [-0.15, -0.1) is 0 Å². The summed E-state index contributed by atoms with van der Waals surface area (Å²) in [5.41, 5.74) is 8.92. The van der Waals surface area contributed by atoms with Gasteiger partial charge in [-0.25, -0.2) is 10.2 Å². The summed E-state index contributed by atoms with van der Waals surface area (Å²) < 4.78 is 1.00. The highest BCUT2D eigenvalue weighted by Crippen LogP contribution is 2.12. The minimum absolute atomic E-state index is 0.655. The van der Waals surface area contributed by atoms with Crippen LogP contribution < -0.4 is 11.2 Å². The van der Waals surface area contributed by atoms with Gasteiger partial charge in [0.15, 0.2) is 0 Å². The number of nitrogens with one attached hydrogen (secondary N) is 1. The highest BCUT2D eigenvalue weighted by Gasteiger charge is 2.01. The van der Waals surface area contributed by atoms with Gasteiger partial charge in [0.1, 0.15) is 0 Å². The van der Waals surface area contributed by atoms with Crippen LogP contribution in [0.15, 0.2) is 33.8 Å². The predicted octanol–water partition coefficient (Wildman–Crippen LogP) is 2.23. The fourth-order valence-corrected chi connectivity index (χ4v) is 1.38. The molecule has 0 saturated heterocycles. The summed E-state index contributed by atoms with van der Waals surface area (Å²) in [6, 6.07) is 7.04. The van der Waals surface area contributed by atoms with Gasteiger partial charge in [0.2, 0.25) is 0 Å². The minimum atomic E-state index is -0.655. The van der Waals surface area contributed by atoms with Crippen LogP contribution in [0, 0.1) is 0 Å². The van der Waals surface area contributed by atoms with Crippen molar-refractivity contribution in [2.24, 2.45) is 10.8 Å². The molecule has 0 radical (unpaired) electrons. The van der Waals surface area contributed by atoms with Gasteiger partial charge in [-0.1, -0.05) is 35.0 Å². The van der Waals surface area contributed by atoms with Crippen molar-refractivity contribution >= 4 is 27.7 Å². The van der Waals surface area contributed by atoms with Gasteiger partial charge in [0.25, 0.3) is 0 Å². The smallest absolute Gasteiger partial charge is 0.332 e. The summed E-state index contributed by atoms with van der Waals surface area (Å²) >= 11 is 3.35. The normalized spacial score (nSPS) is 11.2. The monoisotopic (exact) mass is 269 g/mol. The van der Waals surface area contributed by atoms with Crippen molar-refractivity contribution < 1.29 is 4.79 Å². The van der Waals surface area contributed by atoms with Gasteiger partial charge in [0.05, 0.1) is 5.71 Å². The highest BCUT2D eigenvalue weighted by molar-refractivity contribution is 9.10. The molecule has 0 atom stereocenters. The number of hydrogen-bond donors (Lipinski definition) is 2. The third-order valence-corrected chi connectivity index (χ3v) is 2.34. The van der Waals surface area contributed by atoms with E-state index in [2.05, 4.69) is 26.5 Å². The van der Waals surface area contributed by atoms with Crippen LogP contribution >= 0.6 is 15.9 Å². The van der Waals surface area contributed by atoms with Crippen molar-refractivity contribution in [3.05, 3.63) is 34.3 Å². The minimum Gasteiger partial charge on any atom is -0.350 e. The molecule has 0 aliphatic carbocycles. The molecule has 0 heterocycles. The maximum Gasteiger partial charge on any atom is 0.332 e. The largest absolute Gasteiger partial charge is 0.350 e. The first-order valence-corrected chi connectivity index (χ1v) is 5.30. The van der Waals surface area contributed by atoms with Crippen LogP contribution in [-0.2, 0) is 0 Å². The lowest BCUT2D eigenvalue weighted by Crippen LogP contribution is -2.25. The highest BCUT2D eigenvalue weighted by atomic mass is 79.9. The van der Waals surface area contributed by atoms with Gasteiger partial charge in [-0.3, -0.25) is 0 Å². The Morgan fingerprint density at radius 1 is 1.47 bits per heavy atom. The fourth-order valence-electron chi connectivity index (χ4n) is 1.11. The first-order valence-electron chi connectivity index (χ1n) is 4.51. The number of benzene rings is 1.